The first-order valence-corrected chi connectivity index (χ1v) is 8.95. The fourth-order valence-electron chi connectivity index (χ4n) is 2.94. The van der Waals surface area contributed by atoms with Gasteiger partial charge in [-0.15, -0.1) is 0 Å². The Morgan fingerprint density at radius 1 is 1.29 bits per heavy atom. The predicted octanol–water partition coefficient (Wildman–Crippen LogP) is 3.15. The van der Waals surface area contributed by atoms with Gasteiger partial charge in [-0.3, -0.25) is 4.79 Å². The molecule has 2 rings (SSSR count). The summed E-state index contributed by atoms with van der Waals surface area (Å²) < 4.78 is 53.6. The number of halogens is 4. The lowest BCUT2D eigenvalue weighted by Crippen LogP contribution is -2.44. The second-order valence-corrected chi connectivity index (χ2v) is 6.61. The molecule has 2 N–H and O–H groups in total. The van der Waals surface area contributed by atoms with Crippen molar-refractivity contribution in [3.05, 3.63) is 30.1 Å². The van der Waals surface area contributed by atoms with Crippen LogP contribution < -0.4 is 10.6 Å². The zero-order valence-corrected chi connectivity index (χ0v) is 15.2. The van der Waals surface area contributed by atoms with Crippen LogP contribution in [0.1, 0.15) is 19.3 Å². The zero-order chi connectivity index (χ0) is 20.6. The molecule has 156 valence electrons. The summed E-state index contributed by atoms with van der Waals surface area (Å²) in [5.41, 5.74) is 0.330. The van der Waals surface area contributed by atoms with Crippen LogP contribution in [0.5, 0.6) is 0 Å². The molecule has 0 aromatic heterocycles. The van der Waals surface area contributed by atoms with Gasteiger partial charge in [0, 0.05) is 25.3 Å². The molecule has 0 spiro atoms. The standard InChI is InChI=1S/C18H23F4N3O3/c19-14-4-1-5-15(9-14)24-17(27)23-10-13-3-2-7-25(11-13)16(26)6-8-28-12-18(20,21)22/h1,4-5,9,13H,2-3,6-8,10-12H2,(H2,23,24,27). The number of anilines is 1. The monoisotopic (exact) mass is 405 g/mol. The number of nitrogens with one attached hydrogen (secondary N) is 2. The van der Waals surface area contributed by atoms with Crippen molar-refractivity contribution in [3.8, 4) is 0 Å². The molecule has 1 aromatic carbocycles. The first kappa shape index (κ1) is 21.9. The molecule has 1 fully saturated rings. The number of likely N-dealkylation sites (tertiary alicyclic amines) is 1. The molecule has 1 unspecified atom stereocenters. The van der Waals surface area contributed by atoms with E-state index < -0.39 is 24.6 Å². The van der Waals surface area contributed by atoms with Crippen LogP contribution in [0.3, 0.4) is 0 Å². The lowest BCUT2D eigenvalue weighted by molar-refractivity contribution is -0.175. The number of ether oxygens (including phenoxy) is 1. The molecular formula is C18H23F4N3O3. The maximum Gasteiger partial charge on any atom is 0.411 e. The summed E-state index contributed by atoms with van der Waals surface area (Å²) in [6.07, 6.45) is -2.96. The third kappa shape index (κ3) is 8.12. The van der Waals surface area contributed by atoms with E-state index in [0.29, 0.717) is 25.3 Å². The fraction of sp³-hybridized carbons (Fsp3) is 0.556. The van der Waals surface area contributed by atoms with Crippen LogP contribution in [0.25, 0.3) is 0 Å². The molecule has 1 aliphatic rings. The number of hydrogen-bond acceptors (Lipinski definition) is 3. The van der Waals surface area contributed by atoms with Gasteiger partial charge >= 0.3 is 12.2 Å². The van der Waals surface area contributed by atoms with Crippen LogP contribution in [-0.2, 0) is 9.53 Å². The number of hydrogen-bond donors (Lipinski definition) is 2. The lowest BCUT2D eigenvalue weighted by atomic mass is 9.98. The molecule has 1 saturated heterocycles. The van der Waals surface area contributed by atoms with E-state index >= 15 is 0 Å². The molecule has 28 heavy (non-hydrogen) atoms. The average Bonchev–Trinajstić information content (AvgIpc) is 2.63. The van der Waals surface area contributed by atoms with Crippen molar-refractivity contribution in [2.75, 3.05) is 38.2 Å². The Morgan fingerprint density at radius 3 is 2.79 bits per heavy atom. The third-order valence-electron chi connectivity index (χ3n) is 4.23. The van der Waals surface area contributed by atoms with Crippen molar-refractivity contribution in [2.24, 2.45) is 5.92 Å². The van der Waals surface area contributed by atoms with E-state index in [1.54, 1.807) is 11.0 Å². The van der Waals surface area contributed by atoms with E-state index in [2.05, 4.69) is 15.4 Å². The van der Waals surface area contributed by atoms with Crippen LogP contribution >= 0.6 is 0 Å². The Bertz CT molecular complexity index is 670. The minimum atomic E-state index is -4.41. The average molecular weight is 405 g/mol. The Kier molecular flexibility index (Phi) is 8.04. The van der Waals surface area contributed by atoms with E-state index in [1.807, 2.05) is 0 Å². The summed E-state index contributed by atoms with van der Waals surface area (Å²) in [6.45, 7) is -0.376. The van der Waals surface area contributed by atoms with Gasteiger partial charge in [-0.1, -0.05) is 6.07 Å². The van der Waals surface area contributed by atoms with Crippen molar-refractivity contribution in [3.63, 3.8) is 0 Å². The maximum absolute atomic E-state index is 13.1. The molecular weight excluding hydrogens is 382 g/mol. The number of benzene rings is 1. The summed E-state index contributed by atoms with van der Waals surface area (Å²) in [4.78, 5) is 25.6. The molecule has 1 heterocycles. The van der Waals surface area contributed by atoms with E-state index in [1.165, 1.54) is 18.2 Å². The number of urea groups is 1. The normalized spacial score (nSPS) is 17.3. The van der Waals surface area contributed by atoms with Gasteiger partial charge < -0.3 is 20.3 Å². The number of nitrogens with zero attached hydrogens (tertiary/aromatic N) is 1. The Balaban J connectivity index is 1.69. The predicted molar refractivity (Wildman–Crippen MR) is 94.2 cm³/mol. The Labute approximate surface area is 160 Å². The summed E-state index contributed by atoms with van der Waals surface area (Å²) in [7, 11) is 0. The summed E-state index contributed by atoms with van der Waals surface area (Å²) in [6, 6.07) is 5.03. The number of alkyl halides is 3. The molecule has 6 nitrogen and oxygen atoms in total. The second-order valence-electron chi connectivity index (χ2n) is 6.61. The highest BCUT2D eigenvalue weighted by Crippen LogP contribution is 2.18. The van der Waals surface area contributed by atoms with Crippen molar-refractivity contribution in [1.82, 2.24) is 10.2 Å². The van der Waals surface area contributed by atoms with Crippen LogP contribution in [0.4, 0.5) is 28.0 Å². The van der Waals surface area contributed by atoms with Crippen molar-refractivity contribution >= 4 is 17.6 Å². The molecule has 0 bridgehead atoms. The summed E-state index contributed by atoms with van der Waals surface area (Å²) >= 11 is 0. The topological polar surface area (TPSA) is 70.7 Å². The van der Waals surface area contributed by atoms with Gasteiger partial charge in [0.15, 0.2) is 0 Å². The van der Waals surface area contributed by atoms with E-state index in [4.69, 9.17) is 0 Å². The molecule has 1 atom stereocenters. The van der Waals surface area contributed by atoms with Crippen molar-refractivity contribution < 1.29 is 31.9 Å². The number of amides is 3. The minimum absolute atomic E-state index is 0.0343. The second kappa shape index (κ2) is 10.3. The lowest BCUT2D eigenvalue weighted by Gasteiger charge is -2.33. The SMILES string of the molecule is O=C(NCC1CCCN(C(=O)CCOCC(F)(F)F)C1)Nc1cccc(F)c1. The van der Waals surface area contributed by atoms with Crippen molar-refractivity contribution in [1.29, 1.82) is 0 Å². The highest BCUT2D eigenvalue weighted by molar-refractivity contribution is 5.89. The van der Waals surface area contributed by atoms with E-state index in [-0.39, 0.29) is 24.9 Å². The van der Waals surface area contributed by atoms with Gasteiger partial charge in [0.1, 0.15) is 12.4 Å². The van der Waals surface area contributed by atoms with Gasteiger partial charge in [0.05, 0.1) is 13.0 Å². The van der Waals surface area contributed by atoms with Gasteiger partial charge in [-0.05, 0) is 37.0 Å². The molecule has 1 aliphatic heterocycles. The number of carbonyl (C=O) groups excluding carboxylic acids is 2. The number of carbonyl (C=O) groups is 2. The molecule has 3 amide bonds. The number of rotatable bonds is 7. The summed E-state index contributed by atoms with van der Waals surface area (Å²) in [5, 5.41) is 5.21. The van der Waals surface area contributed by atoms with Crippen molar-refractivity contribution in [2.45, 2.75) is 25.4 Å². The van der Waals surface area contributed by atoms with Gasteiger partial charge in [0.25, 0.3) is 0 Å². The largest absolute Gasteiger partial charge is 0.411 e. The molecule has 0 saturated carbocycles. The molecule has 0 aliphatic carbocycles. The van der Waals surface area contributed by atoms with Gasteiger partial charge in [0.2, 0.25) is 5.91 Å². The number of piperidine rings is 1. The van der Waals surface area contributed by atoms with Gasteiger partial charge in [-0.2, -0.15) is 13.2 Å². The fourth-order valence-corrected chi connectivity index (χ4v) is 2.94. The molecule has 0 radical (unpaired) electrons. The zero-order valence-electron chi connectivity index (χ0n) is 15.2. The van der Waals surface area contributed by atoms with Gasteiger partial charge in [-0.25, -0.2) is 9.18 Å². The van der Waals surface area contributed by atoms with E-state index in [9.17, 15) is 27.2 Å². The summed E-state index contributed by atoms with van der Waals surface area (Å²) in [5.74, 6) is -0.693. The van der Waals surface area contributed by atoms with Crippen LogP contribution in [0.15, 0.2) is 24.3 Å². The Morgan fingerprint density at radius 2 is 2.07 bits per heavy atom. The quantitative estimate of drug-likeness (QED) is 0.541. The van der Waals surface area contributed by atoms with Crippen LogP contribution in [-0.4, -0.2) is 55.9 Å². The molecule has 10 heteroatoms. The Hall–Kier alpha value is -2.36. The van der Waals surface area contributed by atoms with E-state index in [0.717, 1.165) is 12.8 Å². The minimum Gasteiger partial charge on any atom is -0.372 e. The first-order valence-electron chi connectivity index (χ1n) is 8.95. The molecule has 1 aromatic rings. The van der Waals surface area contributed by atoms with Crippen LogP contribution in [0, 0.1) is 11.7 Å². The third-order valence-corrected chi connectivity index (χ3v) is 4.23. The first-order chi connectivity index (χ1) is 13.2. The maximum atomic E-state index is 13.1. The highest BCUT2D eigenvalue weighted by atomic mass is 19.4. The smallest absolute Gasteiger partial charge is 0.372 e. The highest BCUT2D eigenvalue weighted by Gasteiger charge is 2.28. The van der Waals surface area contributed by atoms with Crippen LogP contribution in [0.2, 0.25) is 0 Å².